The van der Waals surface area contributed by atoms with Crippen LogP contribution in [0.4, 0.5) is 15.8 Å². The van der Waals surface area contributed by atoms with Crippen LogP contribution in [0.25, 0.3) is 0 Å². The third-order valence-electron chi connectivity index (χ3n) is 3.74. The fourth-order valence-corrected chi connectivity index (χ4v) is 2.55. The second-order valence-corrected chi connectivity index (χ2v) is 5.13. The minimum Gasteiger partial charge on any atom is -0.396 e. The highest BCUT2D eigenvalue weighted by molar-refractivity contribution is 5.95. The Morgan fingerprint density at radius 3 is 2.89 bits per heavy atom. The van der Waals surface area contributed by atoms with Crippen LogP contribution in [0, 0.1) is 5.82 Å². The summed E-state index contributed by atoms with van der Waals surface area (Å²) in [6.45, 7) is 4.97. The largest absolute Gasteiger partial charge is 0.396 e. The van der Waals surface area contributed by atoms with Crippen LogP contribution in [0.2, 0.25) is 0 Å². The lowest BCUT2D eigenvalue weighted by atomic mass is 10.2. The molecular weight excluding hydrogens is 245 g/mol. The number of likely N-dealkylation sites (tertiary alicyclic amines) is 1. The Morgan fingerprint density at radius 1 is 1.58 bits per heavy atom. The van der Waals surface area contributed by atoms with Crippen LogP contribution >= 0.6 is 0 Å². The Balaban J connectivity index is 2.02. The molecule has 4 nitrogen and oxygen atoms in total. The van der Waals surface area contributed by atoms with Crippen molar-refractivity contribution in [1.82, 2.24) is 4.90 Å². The zero-order chi connectivity index (χ0) is 14.0. The molecule has 0 aromatic heterocycles. The van der Waals surface area contributed by atoms with Crippen LogP contribution in [0.5, 0.6) is 0 Å². The number of rotatable bonds is 3. The Hall–Kier alpha value is -1.62. The number of nitrogen functional groups attached to an aromatic ring is 1. The van der Waals surface area contributed by atoms with Crippen molar-refractivity contribution in [3.63, 3.8) is 0 Å². The molecule has 1 aliphatic rings. The Morgan fingerprint density at radius 2 is 2.32 bits per heavy atom. The van der Waals surface area contributed by atoms with Crippen molar-refractivity contribution in [3.8, 4) is 0 Å². The predicted molar refractivity (Wildman–Crippen MR) is 74.3 cm³/mol. The molecule has 1 fully saturated rings. The summed E-state index contributed by atoms with van der Waals surface area (Å²) in [6.07, 6.45) is 2.25. The van der Waals surface area contributed by atoms with Crippen molar-refractivity contribution in [2.24, 2.45) is 0 Å². The van der Waals surface area contributed by atoms with Gasteiger partial charge in [-0.05, 0) is 51.4 Å². The van der Waals surface area contributed by atoms with E-state index in [0.29, 0.717) is 11.7 Å². The maximum absolute atomic E-state index is 13.0. The second-order valence-electron chi connectivity index (χ2n) is 5.13. The summed E-state index contributed by atoms with van der Waals surface area (Å²) in [5.74, 6) is -0.557. The van der Waals surface area contributed by atoms with Crippen LogP contribution in [0.3, 0.4) is 0 Å². The molecule has 1 aromatic carbocycles. The zero-order valence-corrected chi connectivity index (χ0v) is 11.3. The van der Waals surface area contributed by atoms with Crippen molar-refractivity contribution in [2.75, 3.05) is 17.6 Å². The van der Waals surface area contributed by atoms with Crippen LogP contribution in [0.15, 0.2) is 18.2 Å². The van der Waals surface area contributed by atoms with Gasteiger partial charge in [0.1, 0.15) is 5.82 Å². The van der Waals surface area contributed by atoms with Gasteiger partial charge in [0.2, 0.25) is 5.91 Å². The van der Waals surface area contributed by atoms with Crippen LogP contribution in [0.1, 0.15) is 26.7 Å². The molecule has 0 radical (unpaired) electrons. The third-order valence-corrected chi connectivity index (χ3v) is 3.74. The van der Waals surface area contributed by atoms with E-state index in [2.05, 4.69) is 17.1 Å². The number of benzene rings is 1. The average molecular weight is 265 g/mol. The quantitative estimate of drug-likeness (QED) is 0.824. The minimum atomic E-state index is -0.473. The van der Waals surface area contributed by atoms with Crippen molar-refractivity contribution in [1.29, 1.82) is 0 Å². The van der Waals surface area contributed by atoms with Crippen LogP contribution in [-0.4, -0.2) is 29.4 Å². The third kappa shape index (κ3) is 3.04. The molecule has 19 heavy (non-hydrogen) atoms. The molecule has 1 aliphatic heterocycles. The van der Waals surface area contributed by atoms with Crippen LogP contribution < -0.4 is 11.1 Å². The number of halogens is 1. The summed E-state index contributed by atoms with van der Waals surface area (Å²) < 4.78 is 13.0. The van der Waals surface area contributed by atoms with Gasteiger partial charge in [0.25, 0.3) is 0 Å². The van der Waals surface area contributed by atoms with Gasteiger partial charge in [-0.2, -0.15) is 0 Å². The number of nitrogens with two attached hydrogens (primary N) is 1. The standard InChI is InChI=1S/C14H20FN3O/c1-9-4-3-7-18(9)10(2)14(19)17-11-5-6-12(15)13(16)8-11/h5-6,8-10H,3-4,7,16H2,1-2H3,(H,17,19). The molecule has 5 heteroatoms. The Kier molecular flexibility index (Phi) is 4.04. The van der Waals surface area contributed by atoms with Crippen molar-refractivity contribution < 1.29 is 9.18 Å². The van der Waals surface area contributed by atoms with E-state index in [-0.39, 0.29) is 17.6 Å². The summed E-state index contributed by atoms with van der Waals surface area (Å²) in [6, 6.07) is 4.45. The van der Waals surface area contributed by atoms with E-state index in [1.54, 1.807) is 0 Å². The highest BCUT2D eigenvalue weighted by Gasteiger charge is 2.29. The number of hydrogen-bond acceptors (Lipinski definition) is 3. The van der Waals surface area contributed by atoms with Crippen molar-refractivity contribution in [3.05, 3.63) is 24.0 Å². The molecule has 1 saturated heterocycles. The monoisotopic (exact) mass is 265 g/mol. The molecule has 104 valence electrons. The van der Waals surface area contributed by atoms with Gasteiger partial charge in [0.05, 0.1) is 11.7 Å². The molecule has 0 aliphatic carbocycles. The number of nitrogens with zero attached hydrogens (tertiary/aromatic N) is 1. The Bertz CT molecular complexity index is 478. The molecule has 3 N–H and O–H groups in total. The first-order chi connectivity index (χ1) is 8.99. The van der Waals surface area contributed by atoms with E-state index >= 15 is 0 Å². The van der Waals surface area contributed by atoms with E-state index in [1.807, 2.05) is 6.92 Å². The summed E-state index contributed by atoms with van der Waals surface area (Å²) in [7, 11) is 0. The molecule has 1 heterocycles. The smallest absolute Gasteiger partial charge is 0.241 e. The molecule has 0 saturated carbocycles. The number of nitrogens with one attached hydrogen (secondary N) is 1. The normalized spacial score (nSPS) is 21.3. The topological polar surface area (TPSA) is 58.4 Å². The van der Waals surface area contributed by atoms with Crippen molar-refractivity contribution >= 4 is 17.3 Å². The summed E-state index contributed by atoms with van der Waals surface area (Å²) >= 11 is 0. The lowest BCUT2D eigenvalue weighted by molar-refractivity contribution is -0.121. The highest BCUT2D eigenvalue weighted by atomic mass is 19.1. The molecule has 2 rings (SSSR count). The number of carbonyl (C=O) groups excluding carboxylic acids is 1. The second kappa shape index (κ2) is 5.57. The maximum Gasteiger partial charge on any atom is 0.241 e. The predicted octanol–water partition coefficient (Wildman–Crippen LogP) is 2.22. The van der Waals surface area contributed by atoms with E-state index < -0.39 is 5.82 Å². The summed E-state index contributed by atoms with van der Waals surface area (Å²) in [5.41, 5.74) is 6.05. The number of amides is 1. The summed E-state index contributed by atoms with van der Waals surface area (Å²) in [5, 5.41) is 2.78. The van der Waals surface area contributed by atoms with Gasteiger partial charge < -0.3 is 11.1 Å². The average Bonchev–Trinajstić information content (AvgIpc) is 2.79. The van der Waals surface area contributed by atoms with Gasteiger partial charge in [-0.1, -0.05) is 0 Å². The fraction of sp³-hybridized carbons (Fsp3) is 0.500. The minimum absolute atomic E-state index is 0.0417. The zero-order valence-electron chi connectivity index (χ0n) is 11.3. The highest BCUT2D eigenvalue weighted by Crippen LogP contribution is 2.21. The van der Waals surface area contributed by atoms with Gasteiger partial charge in [0.15, 0.2) is 0 Å². The molecule has 1 aromatic rings. The van der Waals surface area contributed by atoms with Crippen molar-refractivity contribution in [2.45, 2.75) is 38.8 Å². The van der Waals surface area contributed by atoms with Gasteiger partial charge >= 0.3 is 0 Å². The molecule has 0 spiro atoms. The SMILES string of the molecule is CC1CCCN1C(C)C(=O)Nc1ccc(F)c(N)c1. The Labute approximate surface area is 112 Å². The first-order valence-electron chi connectivity index (χ1n) is 6.60. The molecular formula is C14H20FN3O. The molecule has 1 amide bonds. The van der Waals surface area contributed by atoms with Gasteiger partial charge in [0, 0.05) is 11.7 Å². The van der Waals surface area contributed by atoms with E-state index in [1.165, 1.54) is 18.2 Å². The molecule has 0 bridgehead atoms. The van der Waals surface area contributed by atoms with Crippen LogP contribution in [-0.2, 0) is 4.79 Å². The fourth-order valence-electron chi connectivity index (χ4n) is 2.55. The maximum atomic E-state index is 13.0. The van der Waals surface area contributed by atoms with E-state index in [9.17, 15) is 9.18 Å². The van der Waals surface area contributed by atoms with E-state index in [0.717, 1.165) is 19.4 Å². The molecule has 2 unspecified atom stereocenters. The number of hydrogen-bond donors (Lipinski definition) is 2. The number of anilines is 2. The lowest BCUT2D eigenvalue weighted by Crippen LogP contribution is -2.43. The van der Waals surface area contributed by atoms with E-state index in [4.69, 9.17) is 5.73 Å². The lowest BCUT2D eigenvalue weighted by Gasteiger charge is -2.27. The van der Waals surface area contributed by atoms with Gasteiger partial charge in [-0.15, -0.1) is 0 Å². The first kappa shape index (κ1) is 13.8. The van der Waals surface area contributed by atoms with Gasteiger partial charge in [-0.25, -0.2) is 4.39 Å². The summed E-state index contributed by atoms with van der Waals surface area (Å²) in [4.78, 5) is 14.3. The number of carbonyl (C=O) groups is 1. The molecule has 2 atom stereocenters. The van der Waals surface area contributed by atoms with Gasteiger partial charge in [-0.3, -0.25) is 9.69 Å². The first-order valence-corrected chi connectivity index (χ1v) is 6.60.